The predicted molar refractivity (Wildman–Crippen MR) is 97.9 cm³/mol. The second-order valence-electron chi connectivity index (χ2n) is 5.78. The van der Waals surface area contributed by atoms with Crippen molar-refractivity contribution >= 4 is 11.7 Å². The molecule has 1 atom stereocenters. The Hall–Kier alpha value is -2.33. The summed E-state index contributed by atoms with van der Waals surface area (Å²) >= 11 is 0. The smallest absolute Gasteiger partial charge is 0.328 e. The molecule has 1 unspecified atom stereocenters. The molecule has 2 rings (SSSR count). The van der Waals surface area contributed by atoms with Crippen molar-refractivity contribution < 1.29 is 9.53 Å². The predicted octanol–water partition coefficient (Wildman–Crippen LogP) is 3.43. The van der Waals surface area contributed by atoms with Crippen LogP contribution in [-0.2, 0) is 22.5 Å². The van der Waals surface area contributed by atoms with Crippen molar-refractivity contribution in [1.29, 1.82) is 0 Å². The molecule has 128 valence electrons. The first-order chi connectivity index (χ1) is 11.7. The monoisotopic (exact) mass is 326 g/mol. The normalized spacial score (nSPS) is 11.8. The maximum absolute atomic E-state index is 12.3. The second-order valence-corrected chi connectivity index (χ2v) is 5.78. The Kier molecular flexibility index (Phi) is 6.82. The molecule has 0 aliphatic heterocycles. The molecule has 2 aromatic rings. The number of esters is 1. The van der Waals surface area contributed by atoms with Gasteiger partial charge in [-0.25, -0.2) is 4.79 Å². The topological polar surface area (TPSA) is 64.3 Å². The Bertz CT molecular complexity index is 656. The van der Waals surface area contributed by atoms with E-state index in [1.807, 2.05) is 50.2 Å². The number of aryl methyl sites for hydroxylation is 2. The van der Waals surface area contributed by atoms with E-state index in [0.717, 1.165) is 23.2 Å². The number of rotatable bonds is 8. The molecule has 0 aliphatic rings. The van der Waals surface area contributed by atoms with Crippen molar-refractivity contribution in [2.24, 2.45) is 5.73 Å². The fourth-order valence-electron chi connectivity index (χ4n) is 2.74. The van der Waals surface area contributed by atoms with Crippen LogP contribution >= 0.6 is 0 Å². The third kappa shape index (κ3) is 4.83. The first kappa shape index (κ1) is 18.0. The van der Waals surface area contributed by atoms with Gasteiger partial charge in [-0.2, -0.15) is 0 Å². The van der Waals surface area contributed by atoms with Crippen LogP contribution in [0.25, 0.3) is 0 Å². The van der Waals surface area contributed by atoms with E-state index in [1.54, 1.807) is 0 Å². The summed E-state index contributed by atoms with van der Waals surface area (Å²) < 4.78 is 5.24. The molecule has 0 radical (unpaired) electrons. The summed E-state index contributed by atoms with van der Waals surface area (Å²) in [5, 5.41) is 3.34. The van der Waals surface area contributed by atoms with Crippen LogP contribution in [0.4, 0.5) is 5.69 Å². The number of ether oxygens (including phenoxy) is 1. The van der Waals surface area contributed by atoms with E-state index in [4.69, 9.17) is 10.5 Å². The van der Waals surface area contributed by atoms with Crippen molar-refractivity contribution in [2.45, 2.75) is 39.3 Å². The number of benzene rings is 2. The summed E-state index contributed by atoms with van der Waals surface area (Å²) in [5.41, 5.74) is 10.1. The summed E-state index contributed by atoms with van der Waals surface area (Å²) in [6.07, 6.45) is 1.47. The van der Waals surface area contributed by atoms with Gasteiger partial charge in [-0.15, -0.1) is 0 Å². The van der Waals surface area contributed by atoms with Gasteiger partial charge in [-0.05, 0) is 49.4 Å². The van der Waals surface area contributed by atoms with Gasteiger partial charge in [0.1, 0.15) is 6.04 Å². The molecule has 0 saturated heterocycles. The zero-order valence-electron chi connectivity index (χ0n) is 14.4. The highest BCUT2D eigenvalue weighted by Gasteiger charge is 2.20. The van der Waals surface area contributed by atoms with E-state index >= 15 is 0 Å². The van der Waals surface area contributed by atoms with Crippen molar-refractivity contribution in [3.05, 3.63) is 65.2 Å². The number of hydrogen-bond donors (Lipinski definition) is 2. The van der Waals surface area contributed by atoms with Crippen molar-refractivity contribution in [3.63, 3.8) is 0 Å². The molecule has 0 aromatic heterocycles. The number of carbonyl (C=O) groups is 1. The lowest BCUT2D eigenvalue weighted by molar-refractivity contribution is -0.144. The van der Waals surface area contributed by atoms with Gasteiger partial charge in [0.05, 0.1) is 6.61 Å². The van der Waals surface area contributed by atoms with Gasteiger partial charge in [0, 0.05) is 12.2 Å². The quantitative estimate of drug-likeness (QED) is 0.730. The van der Waals surface area contributed by atoms with Crippen molar-refractivity contribution in [2.75, 3.05) is 11.9 Å². The Morgan fingerprint density at radius 2 is 1.92 bits per heavy atom. The van der Waals surface area contributed by atoms with Crippen LogP contribution in [0.3, 0.4) is 0 Å². The van der Waals surface area contributed by atoms with E-state index in [0.29, 0.717) is 19.6 Å². The molecule has 24 heavy (non-hydrogen) atoms. The van der Waals surface area contributed by atoms with Crippen LogP contribution in [0.2, 0.25) is 0 Å². The largest absolute Gasteiger partial charge is 0.464 e. The molecule has 2 aromatic carbocycles. The average Bonchev–Trinajstić information content (AvgIpc) is 2.59. The highest BCUT2D eigenvalue weighted by atomic mass is 16.5. The lowest BCUT2D eigenvalue weighted by Gasteiger charge is -2.21. The summed E-state index contributed by atoms with van der Waals surface area (Å²) in [6.45, 7) is 4.66. The molecule has 4 heteroatoms. The van der Waals surface area contributed by atoms with E-state index < -0.39 is 6.04 Å². The van der Waals surface area contributed by atoms with E-state index in [1.165, 1.54) is 5.56 Å². The highest BCUT2D eigenvalue weighted by Crippen LogP contribution is 2.21. The van der Waals surface area contributed by atoms with Gasteiger partial charge in [-0.1, -0.05) is 42.5 Å². The number of nitrogens with one attached hydrogen (secondary N) is 1. The van der Waals surface area contributed by atoms with Crippen molar-refractivity contribution in [1.82, 2.24) is 0 Å². The lowest BCUT2D eigenvalue weighted by atomic mass is 10.0. The highest BCUT2D eigenvalue weighted by molar-refractivity contribution is 5.79. The fourth-order valence-corrected chi connectivity index (χ4v) is 2.74. The Balaban J connectivity index is 2.14. The fraction of sp³-hybridized carbons (Fsp3) is 0.350. The van der Waals surface area contributed by atoms with Crippen LogP contribution < -0.4 is 11.1 Å². The zero-order valence-corrected chi connectivity index (χ0v) is 14.4. The molecule has 4 nitrogen and oxygen atoms in total. The van der Waals surface area contributed by atoms with E-state index in [9.17, 15) is 4.79 Å². The maximum atomic E-state index is 12.3. The van der Waals surface area contributed by atoms with Gasteiger partial charge in [0.25, 0.3) is 0 Å². The SMILES string of the molecule is CCOC(=O)C(CCc1ccccc1)Nc1cccc(C)c1CN. The first-order valence-corrected chi connectivity index (χ1v) is 8.41. The number of hydrogen-bond acceptors (Lipinski definition) is 4. The Morgan fingerprint density at radius 1 is 1.17 bits per heavy atom. The summed E-state index contributed by atoms with van der Waals surface area (Å²) in [5.74, 6) is -0.224. The molecule has 0 amide bonds. The molecular formula is C20H26N2O2. The second kappa shape index (κ2) is 9.08. The maximum Gasteiger partial charge on any atom is 0.328 e. The number of nitrogens with two attached hydrogens (primary N) is 1. The Morgan fingerprint density at radius 3 is 2.58 bits per heavy atom. The summed E-state index contributed by atoms with van der Waals surface area (Å²) in [6, 6.07) is 15.7. The van der Waals surface area contributed by atoms with Gasteiger partial charge >= 0.3 is 5.97 Å². The molecule has 0 aliphatic carbocycles. The van der Waals surface area contributed by atoms with Crippen LogP contribution in [0.5, 0.6) is 0 Å². The molecule has 0 spiro atoms. The number of anilines is 1. The standard InChI is InChI=1S/C20H26N2O2/c1-3-24-20(23)19(13-12-16-9-5-4-6-10-16)22-18-11-7-8-15(2)17(18)14-21/h4-11,19,22H,3,12-14,21H2,1-2H3. The van der Waals surface area contributed by atoms with Gasteiger partial charge < -0.3 is 15.8 Å². The molecule has 0 bridgehead atoms. The first-order valence-electron chi connectivity index (χ1n) is 8.41. The number of carbonyl (C=O) groups excluding carboxylic acids is 1. The van der Waals surface area contributed by atoms with Gasteiger partial charge in [0.2, 0.25) is 0 Å². The van der Waals surface area contributed by atoms with Crippen LogP contribution in [0, 0.1) is 6.92 Å². The Labute approximate surface area is 144 Å². The average molecular weight is 326 g/mol. The van der Waals surface area contributed by atoms with Crippen LogP contribution in [-0.4, -0.2) is 18.6 Å². The minimum atomic E-state index is -0.391. The van der Waals surface area contributed by atoms with Gasteiger partial charge in [-0.3, -0.25) is 0 Å². The lowest BCUT2D eigenvalue weighted by Crippen LogP contribution is -2.32. The molecular weight excluding hydrogens is 300 g/mol. The summed E-state index contributed by atoms with van der Waals surface area (Å²) in [4.78, 5) is 12.3. The van der Waals surface area contributed by atoms with E-state index in [-0.39, 0.29) is 5.97 Å². The third-order valence-electron chi connectivity index (χ3n) is 4.08. The summed E-state index contributed by atoms with van der Waals surface area (Å²) in [7, 11) is 0. The van der Waals surface area contributed by atoms with Crippen LogP contribution in [0.15, 0.2) is 48.5 Å². The third-order valence-corrected chi connectivity index (χ3v) is 4.08. The molecule has 0 fully saturated rings. The molecule has 3 N–H and O–H groups in total. The molecule has 0 heterocycles. The molecule has 0 saturated carbocycles. The minimum Gasteiger partial charge on any atom is -0.464 e. The zero-order chi connectivity index (χ0) is 17.4. The minimum absolute atomic E-state index is 0.224. The van der Waals surface area contributed by atoms with Crippen LogP contribution in [0.1, 0.15) is 30.0 Å². The van der Waals surface area contributed by atoms with Crippen molar-refractivity contribution in [3.8, 4) is 0 Å². The van der Waals surface area contributed by atoms with Gasteiger partial charge in [0.15, 0.2) is 0 Å². The van der Waals surface area contributed by atoms with E-state index in [2.05, 4.69) is 17.4 Å².